The van der Waals surface area contributed by atoms with E-state index < -0.39 is 16.6 Å². The number of hydrogen-bond acceptors (Lipinski definition) is 5. The molecule has 3 fully saturated rings. The molecule has 0 radical (unpaired) electrons. The fourth-order valence-electron chi connectivity index (χ4n) is 4.98. The molecule has 1 aliphatic heterocycles. The van der Waals surface area contributed by atoms with E-state index in [1.165, 1.54) is 0 Å². The number of carbonyl (C=O) groups excluding carboxylic acids is 1. The van der Waals surface area contributed by atoms with Crippen molar-refractivity contribution in [2.24, 2.45) is 16.7 Å². The summed E-state index contributed by atoms with van der Waals surface area (Å²) in [5.41, 5.74) is 0.608. The van der Waals surface area contributed by atoms with Gasteiger partial charge in [0.1, 0.15) is 0 Å². The number of anilines is 1. The summed E-state index contributed by atoms with van der Waals surface area (Å²) < 4.78 is 38.2. The molecule has 1 aromatic heterocycles. The molecule has 1 aromatic rings. The number of aromatic nitrogens is 2. The monoisotopic (exact) mass is 400 g/mol. The average molecular weight is 400 g/mol. The molecular weight excluding hydrogens is 377 g/mol. The SMILES string of the molecule is C=C1C2(C(=O)N3CCN(c4nnc(C(F)(F)F)s4)CC3)CCC(C2)C1(C)C. The molecule has 4 rings (SSSR count). The van der Waals surface area contributed by atoms with E-state index in [1.807, 2.05) is 4.90 Å². The van der Waals surface area contributed by atoms with Crippen molar-refractivity contribution in [3.8, 4) is 0 Å². The predicted molar refractivity (Wildman–Crippen MR) is 96.4 cm³/mol. The first-order valence-electron chi connectivity index (χ1n) is 9.20. The normalized spacial score (nSPS) is 30.3. The molecule has 1 amide bonds. The van der Waals surface area contributed by atoms with Crippen LogP contribution < -0.4 is 4.90 Å². The third-order valence-electron chi connectivity index (χ3n) is 6.79. The van der Waals surface area contributed by atoms with Gasteiger partial charge in [-0.3, -0.25) is 4.79 Å². The van der Waals surface area contributed by atoms with Crippen molar-refractivity contribution in [2.45, 2.75) is 39.3 Å². The second kappa shape index (κ2) is 5.93. The molecule has 0 spiro atoms. The third-order valence-corrected chi connectivity index (χ3v) is 7.82. The van der Waals surface area contributed by atoms with E-state index in [0.717, 1.165) is 24.8 Å². The first-order chi connectivity index (χ1) is 12.6. The van der Waals surface area contributed by atoms with Crippen LogP contribution in [0.15, 0.2) is 12.2 Å². The fraction of sp³-hybridized carbons (Fsp3) is 0.722. The molecule has 0 N–H and O–H groups in total. The largest absolute Gasteiger partial charge is 0.445 e. The second-order valence-corrected chi connectivity index (χ2v) is 9.34. The second-order valence-electron chi connectivity index (χ2n) is 8.39. The Balaban J connectivity index is 1.43. The van der Waals surface area contributed by atoms with E-state index in [9.17, 15) is 18.0 Å². The number of piperazine rings is 1. The van der Waals surface area contributed by atoms with Gasteiger partial charge in [0.15, 0.2) is 0 Å². The van der Waals surface area contributed by atoms with Gasteiger partial charge in [0, 0.05) is 26.2 Å². The highest BCUT2D eigenvalue weighted by Crippen LogP contribution is 2.65. The van der Waals surface area contributed by atoms with Crippen LogP contribution in [0.1, 0.15) is 38.1 Å². The van der Waals surface area contributed by atoms with Crippen LogP contribution in [-0.4, -0.2) is 47.2 Å². The molecule has 5 nitrogen and oxygen atoms in total. The van der Waals surface area contributed by atoms with Gasteiger partial charge >= 0.3 is 6.18 Å². The van der Waals surface area contributed by atoms with Gasteiger partial charge in [-0.25, -0.2) is 0 Å². The Bertz CT molecular complexity index is 782. The molecule has 2 bridgehead atoms. The minimum absolute atomic E-state index is 0.00368. The predicted octanol–water partition coefficient (Wildman–Crippen LogP) is 3.59. The summed E-state index contributed by atoms with van der Waals surface area (Å²) in [5.74, 6) is 0.658. The Labute approximate surface area is 160 Å². The van der Waals surface area contributed by atoms with Crippen LogP contribution >= 0.6 is 11.3 Å². The zero-order valence-electron chi connectivity index (χ0n) is 15.5. The molecule has 2 unspecified atom stereocenters. The van der Waals surface area contributed by atoms with E-state index in [1.54, 1.807) is 4.90 Å². The molecule has 9 heteroatoms. The number of nitrogens with zero attached hydrogens (tertiary/aromatic N) is 4. The van der Waals surface area contributed by atoms with E-state index in [-0.39, 0.29) is 16.5 Å². The highest BCUT2D eigenvalue weighted by atomic mass is 32.1. The number of hydrogen-bond donors (Lipinski definition) is 0. The first kappa shape index (κ1) is 18.7. The lowest BCUT2D eigenvalue weighted by molar-refractivity contribution is -0.140. The maximum atomic E-state index is 13.3. The number of carbonyl (C=O) groups is 1. The number of rotatable bonds is 2. The maximum absolute atomic E-state index is 13.3. The third kappa shape index (κ3) is 2.77. The summed E-state index contributed by atoms with van der Waals surface area (Å²) in [5, 5.41) is 6.25. The molecule has 148 valence electrons. The van der Waals surface area contributed by atoms with Gasteiger partial charge in [-0.1, -0.05) is 37.3 Å². The zero-order valence-corrected chi connectivity index (χ0v) is 16.3. The molecule has 0 aromatic carbocycles. The Morgan fingerprint density at radius 1 is 1.22 bits per heavy atom. The highest BCUT2D eigenvalue weighted by Gasteiger charge is 2.61. The van der Waals surface area contributed by atoms with Crippen LogP contribution in [-0.2, 0) is 11.0 Å². The lowest BCUT2D eigenvalue weighted by Crippen LogP contribution is -2.53. The van der Waals surface area contributed by atoms with Gasteiger partial charge in [-0.05, 0) is 30.6 Å². The van der Waals surface area contributed by atoms with Gasteiger partial charge < -0.3 is 9.80 Å². The average Bonchev–Trinajstić information content (AvgIpc) is 3.31. The van der Waals surface area contributed by atoms with Crippen LogP contribution in [0.3, 0.4) is 0 Å². The first-order valence-corrected chi connectivity index (χ1v) is 10.0. The Kier molecular flexibility index (Phi) is 4.11. The van der Waals surface area contributed by atoms with Gasteiger partial charge in [0.25, 0.3) is 0 Å². The standard InChI is InChI=1S/C18H23F3N4OS/c1-11-16(2,3)12-4-5-17(11,10-12)14(26)24-6-8-25(9-7-24)15-23-22-13(27-15)18(19,20)21/h12H,1,4-10H2,2-3H3. The molecule has 1 saturated heterocycles. The van der Waals surface area contributed by atoms with Gasteiger partial charge in [-0.15, -0.1) is 10.2 Å². The van der Waals surface area contributed by atoms with E-state index >= 15 is 0 Å². The van der Waals surface area contributed by atoms with Crippen molar-refractivity contribution in [2.75, 3.05) is 31.1 Å². The van der Waals surface area contributed by atoms with Crippen LogP contribution in [0.4, 0.5) is 18.3 Å². The molecule has 2 atom stereocenters. The highest BCUT2D eigenvalue weighted by molar-refractivity contribution is 7.15. The molecule has 2 heterocycles. The van der Waals surface area contributed by atoms with E-state index in [2.05, 4.69) is 30.6 Å². The van der Waals surface area contributed by atoms with Crippen molar-refractivity contribution in [1.82, 2.24) is 15.1 Å². The summed E-state index contributed by atoms with van der Waals surface area (Å²) in [4.78, 5) is 17.0. The maximum Gasteiger partial charge on any atom is 0.445 e. The number of amides is 1. The summed E-state index contributed by atoms with van der Waals surface area (Å²) in [6.07, 6.45) is -1.67. The summed E-state index contributed by atoms with van der Waals surface area (Å²) >= 11 is 0.553. The van der Waals surface area contributed by atoms with Gasteiger partial charge in [0.2, 0.25) is 16.0 Å². The molecule has 2 saturated carbocycles. The van der Waals surface area contributed by atoms with Crippen molar-refractivity contribution in [1.29, 1.82) is 0 Å². The minimum atomic E-state index is -4.47. The van der Waals surface area contributed by atoms with E-state index in [4.69, 9.17) is 0 Å². The van der Waals surface area contributed by atoms with Crippen molar-refractivity contribution in [3.63, 3.8) is 0 Å². The van der Waals surface area contributed by atoms with Crippen molar-refractivity contribution in [3.05, 3.63) is 17.2 Å². The number of halogens is 3. The lowest BCUT2D eigenvalue weighted by Gasteiger charge is -2.42. The fourth-order valence-corrected chi connectivity index (χ4v) is 5.75. The Hall–Kier alpha value is -1.64. The number of alkyl halides is 3. The van der Waals surface area contributed by atoms with Crippen LogP contribution in [0.25, 0.3) is 0 Å². The van der Waals surface area contributed by atoms with Crippen LogP contribution in [0, 0.1) is 16.7 Å². The minimum Gasteiger partial charge on any atom is -0.343 e. The molecular formula is C18H23F3N4OS. The summed E-state index contributed by atoms with van der Waals surface area (Å²) in [7, 11) is 0. The Morgan fingerprint density at radius 2 is 1.89 bits per heavy atom. The molecule has 27 heavy (non-hydrogen) atoms. The zero-order chi connectivity index (χ0) is 19.6. The van der Waals surface area contributed by atoms with Crippen LogP contribution in [0.5, 0.6) is 0 Å². The summed E-state index contributed by atoms with van der Waals surface area (Å²) in [6, 6.07) is 0. The van der Waals surface area contributed by atoms with Crippen LogP contribution in [0.2, 0.25) is 0 Å². The van der Waals surface area contributed by atoms with Crippen molar-refractivity contribution >= 4 is 22.4 Å². The van der Waals surface area contributed by atoms with E-state index in [0.29, 0.717) is 43.4 Å². The Morgan fingerprint density at radius 3 is 2.41 bits per heavy atom. The quantitative estimate of drug-likeness (QED) is 0.712. The summed E-state index contributed by atoms with van der Waals surface area (Å²) in [6.45, 7) is 10.5. The van der Waals surface area contributed by atoms with Gasteiger partial charge in [0.05, 0.1) is 5.41 Å². The number of fused-ring (bicyclic) bond motifs is 2. The molecule has 3 aliphatic rings. The van der Waals surface area contributed by atoms with Gasteiger partial charge in [-0.2, -0.15) is 13.2 Å². The smallest absolute Gasteiger partial charge is 0.343 e. The molecule has 2 aliphatic carbocycles. The lowest BCUT2D eigenvalue weighted by atomic mass is 9.68. The topological polar surface area (TPSA) is 49.3 Å². The van der Waals surface area contributed by atoms with Crippen molar-refractivity contribution < 1.29 is 18.0 Å².